The van der Waals surface area contributed by atoms with Gasteiger partial charge in [-0.25, -0.2) is 4.98 Å². The third-order valence-electron chi connectivity index (χ3n) is 4.34. The lowest BCUT2D eigenvalue weighted by Crippen LogP contribution is -2.41. The van der Waals surface area contributed by atoms with Gasteiger partial charge in [-0.15, -0.1) is 0 Å². The molecule has 3 rings (SSSR count). The number of benzene rings is 1. The predicted octanol–water partition coefficient (Wildman–Crippen LogP) is 3.34. The molecule has 2 heterocycles. The van der Waals surface area contributed by atoms with Crippen molar-refractivity contribution in [3.8, 4) is 17.6 Å². The van der Waals surface area contributed by atoms with E-state index in [1.165, 1.54) is 12.4 Å². The number of aromatic nitrogens is 2. The van der Waals surface area contributed by atoms with E-state index in [1.54, 1.807) is 0 Å². The van der Waals surface area contributed by atoms with Gasteiger partial charge in [0.1, 0.15) is 17.0 Å². The molecule has 0 atom stereocenters. The maximum Gasteiger partial charge on any atom is 0.309 e. The number of nitrogens with zero attached hydrogens (tertiary/aromatic N) is 2. The number of fused-ring (bicyclic) bond motifs is 1. The first kappa shape index (κ1) is 17.9. The highest BCUT2D eigenvalue weighted by Gasteiger charge is 2.38. The van der Waals surface area contributed by atoms with Crippen molar-refractivity contribution in [2.24, 2.45) is 0 Å². The summed E-state index contributed by atoms with van der Waals surface area (Å²) in [6.45, 7) is 8.66. The Bertz CT molecular complexity index is 903. The van der Waals surface area contributed by atoms with E-state index >= 15 is 0 Å². The van der Waals surface area contributed by atoms with Crippen LogP contribution in [0.4, 0.5) is 0 Å². The van der Waals surface area contributed by atoms with Gasteiger partial charge >= 0.3 is 5.97 Å². The standard InChI is InChI=1S/C21H22N2O3/c1-20(2)13-21(3,4)26-18-8-6-14(9-17(18)20)5-7-15-11-23-16(12-22-15)10-19(24)25/h6,8-9,11-12H,10,13H2,1-4H3,(H,24,25). The van der Waals surface area contributed by atoms with Gasteiger partial charge in [0.2, 0.25) is 0 Å². The van der Waals surface area contributed by atoms with Gasteiger partial charge in [0, 0.05) is 11.1 Å². The number of carboxylic acids is 1. The highest BCUT2D eigenvalue weighted by molar-refractivity contribution is 5.69. The molecule has 0 bridgehead atoms. The molecule has 0 saturated heterocycles. The van der Waals surface area contributed by atoms with Crippen molar-refractivity contribution in [2.75, 3.05) is 0 Å². The summed E-state index contributed by atoms with van der Waals surface area (Å²) < 4.78 is 6.10. The fraction of sp³-hybridized carbons (Fsp3) is 0.381. The lowest BCUT2D eigenvalue weighted by atomic mass is 9.73. The van der Waals surface area contributed by atoms with E-state index in [2.05, 4.69) is 55.6 Å². The lowest BCUT2D eigenvalue weighted by molar-refractivity contribution is -0.136. The van der Waals surface area contributed by atoms with E-state index in [0.29, 0.717) is 11.4 Å². The van der Waals surface area contributed by atoms with Gasteiger partial charge in [-0.05, 0) is 49.8 Å². The first-order valence-electron chi connectivity index (χ1n) is 8.53. The van der Waals surface area contributed by atoms with Crippen LogP contribution < -0.4 is 4.74 Å². The van der Waals surface area contributed by atoms with E-state index in [9.17, 15) is 4.79 Å². The highest BCUT2D eigenvalue weighted by Crippen LogP contribution is 2.44. The molecule has 1 aliphatic heterocycles. The molecule has 0 radical (unpaired) electrons. The molecule has 1 aromatic heterocycles. The van der Waals surface area contributed by atoms with Gasteiger partial charge in [-0.3, -0.25) is 9.78 Å². The minimum absolute atomic E-state index is 0.00700. The Kier molecular flexibility index (Phi) is 4.45. The van der Waals surface area contributed by atoms with E-state index in [0.717, 1.165) is 23.3 Å². The number of ether oxygens (including phenoxy) is 1. The number of rotatable bonds is 2. The molecular formula is C21H22N2O3. The van der Waals surface area contributed by atoms with Gasteiger partial charge in [0.05, 0.1) is 24.5 Å². The molecule has 26 heavy (non-hydrogen) atoms. The maximum absolute atomic E-state index is 10.7. The average molecular weight is 350 g/mol. The molecule has 134 valence electrons. The van der Waals surface area contributed by atoms with Crippen molar-refractivity contribution in [1.29, 1.82) is 0 Å². The molecule has 1 aliphatic rings. The minimum atomic E-state index is -0.930. The number of aliphatic carboxylic acids is 1. The topological polar surface area (TPSA) is 72.3 Å². The largest absolute Gasteiger partial charge is 0.488 e. The van der Waals surface area contributed by atoms with Gasteiger partial charge < -0.3 is 9.84 Å². The second-order valence-electron chi connectivity index (χ2n) is 7.85. The first-order chi connectivity index (χ1) is 12.1. The monoisotopic (exact) mass is 350 g/mol. The quantitative estimate of drug-likeness (QED) is 0.841. The highest BCUT2D eigenvalue weighted by atomic mass is 16.5. The van der Waals surface area contributed by atoms with Crippen molar-refractivity contribution < 1.29 is 14.6 Å². The summed E-state index contributed by atoms with van der Waals surface area (Å²) in [6, 6.07) is 5.99. The zero-order valence-electron chi connectivity index (χ0n) is 15.5. The van der Waals surface area contributed by atoms with E-state index in [4.69, 9.17) is 9.84 Å². The van der Waals surface area contributed by atoms with Gasteiger partial charge in [-0.2, -0.15) is 0 Å². The Morgan fingerprint density at radius 3 is 2.62 bits per heavy atom. The first-order valence-corrected chi connectivity index (χ1v) is 8.53. The third-order valence-corrected chi connectivity index (χ3v) is 4.34. The summed E-state index contributed by atoms with van der Waals surface area (Å²) in [5, 5.41) is 8.75. The molecule has 5 nitrogen and oxygen atoms in total. The van der Waals surface area contributed by atoms with Crippen LogP contribution in [0.3, 0.4) is 0 Å². The van der Waals surface area contributed by atoms with Gasteiger partial charge in [0.25, 0.3) is 0 Å². The zero-order valence-corrected chi connectivity index (χ0v) is 15.5. The van der Waals surface area contributed by atoms with E-state index < -0.39 is 5.97 Å². The maximum atomic E-state index is 10.7. The minimum Gasteiger partial charge on any atom is -0.488 e. The van der Waals surface area contributed by atoms with Crippen LogP contribution >= 0.6 is 0 Å². The van der Waals surface area contributed by atoms with Gasteiger partial charge in [0.15, 0.2) is 0 Å². The van der Waals surface area contributed by atoms with Crippen LogP contribution in [-0.2, 0) is 16.6 Å². The Labute approximate surface area is 153 Å². The van der Waals surface area contributed by atoms with Crippen LogP contribution in [0.25, 0.3) is 0 Å². The lowest BCUT2D eigenvalue weighted by Gasteiger charge is -2.42. The second-order valence-corrected chi connectivity index (χ2v) is 7.85. The molecule has 0 aliphatic carbocycles. The third kappa shape index (κ3) is 4.02. The molecule has 5 heteroatoms. The Balaban J connectivity index is 1.85. The summed E-state index contributed by atoms with van der Waals surface area (Å²) in [4.78, 5) is 18.9. The summed E-state index contributed by atoms with van der Waals surface area (Å²) in [5.74, 6) is 6.07. The van der Waals surface area contributed by atoms with E-state index in [-0.39, 0.29) is 17.4 Å². The molecule has 0 saturated carbocycles. The Morgan fingerprint density at radius 2 is 1.96 bits per heavy atom. The predicted molar refractivity (Wildman–Crippen MR) is 98.1 cm³/mol. The Hall–Kier alpha value is -2.87. The smallest absolute Gasteiger partial charge is 0.309 e. The molecule has 1 aromatic carbocycles. The molecular weight excluding hydrogens is 328 g/mol. The number of hydrogen-bond acceptors (Lipinski definition) is 4. The summed E-state index contributed by atoms with van der Waals surface area (Å²) >= 11 is 0. The van der Waals surface area contributed by atoms with Crippen molar-refractivity contribution in [1.82, 2.24) is 9.97 Å². The number of carboxylic acid groups (broad SMARTS) is 1. The fourth-order valence-electron chi connectivity index (χ4n) is 3.52. The van der Waals surface area contributed by atoms with E-state index in [1.807, 2.05) is 12.1 Å². The van der Waals surface area contributed by atoms with Crippen molar-refractivity contribution in [3.05, 3.63) is 53.1 Å². The van der Waals surface area contributed by atoms with Crippen LogP contribution in [0.5, 0.6) is 5.75 Å². The molecule has 0 amide bonds. The molecule has 0 fully saturated rings. The molecule has 0 spiro atoms. The van der Waals surface area contributed by atoms with Crippen molar-refractivity contribution in [2.45, 2.75) is 51.6 Å². The zero-order chi connectivity index (χ0) is 18.9. The second kappa shape index (κ2) is 6.45. The summed E-state index contributed by atoms with van der Waals surface area (Å²) in [6.07, 6.45) is 3.74. The normalized spacial score (nSPS) is 16.6. The summed E-state index contributed by atoms with van der Waals surface area (Å²) in [7, 11) is 0. The Morgan fingerprint density at radius 1 is 1.19 bits per heavy atom. The fourth-order valence-corrected chi connectivity index (χ4v) is 3.52. The van der Waals surface area contributed by atoms with Gasteiger partial charge in [-0.1, -0.05) is 19.8 Å². The number of carbonyl (C=O) groups is 1. The summed E-state index contributed by atoms with van der Waals surface area (Å²) in [5.41, 5.74) is 2.79. The van der Waals surface area contributed by atoms with Crippen LogP contribution in [0.1, 0.15) is 56.6 Å². The molecule has 2 aromatic rings. The average Bonchev–Trinajstić information content (AvgIpc) is 2.52. The molecule has 0 unspecified atom stereocenters. The SMILES string of the molecule is CC1(C)CC(C)(C)c2cc(C#Cc3cnc(CC(=O)O)cn3)ccc2O1. The van der Waals surface area contributed by atoms with Crippen molar-refractivity contribution >= 4 is 5.97 Å². The van der Waals surface area contributed by atoms with Crippen molar-refractivity contribution in [3.63, 3.8) is 0 Å². The van der Waals surface area contributed by atoms with Crippen LogP contribution in [0.15, 0.2) is 30.6 Å². The van der Waals surface area contributed by atoms with Crippen LogP contribution in [0.2, 0.25) is 0 Å². The molecule has 1 N–H and O–H groups in total. The number of hydrogen-bond donors (Lipinski definition) is 1. The van der Waals surface area contributed by atoms with Crippen LogP contribution in [-0.4, -0.2) is 26.6 Å². The van der Waals surface area contributed by atoms with Crippen LogP contribution in [0, 0.1) is 11.8 Å².